The molecule has 16 rings (SSSR count). The topological polar surface area (TPSA) is 48.5 Å². The Bertz CT molecular complexity index is 4960. The molecule has 0 fully saturated rings. The van der Waals surface area contributed by atoms with Gasteiger partial charge in [0.25, 0.3) is 0 Å². The third-order valence-electron chi connectivity index (χ3n) is 15.5. The average molecular weight is 940 g/mol. The summed E-state index contributed by atoms with van der Waals surface area (Å²) in [6.45, 7) is 0. The van der Waals surface area contributed by atoms with E-state index >= 15 is 0 Å². The Hall–Kier alpha value is -9.97. The molecule has 0 radical (unpaired) electrons. The highest BCUT2D eigenvalue weighted by Gasteiger charge is 2.25. The first-order valence-electron chi connectivity index (χ1n) is 25.3. The van der Waals surface area contributed by atoms with Crippen molar-refractivity contribution >= 4 is 97.5 Å². The molecule has 342 valence electrons. The van der Waals surface area contributed by atoms with Crippen molar-refractivity contribution in [1.29, 1.82) is 0 Å². The van der Waals surface area contributed by atoms with Gasteiger partial charge in [-0.3, -0.25) is 0 Å². The SMILES string of the molecule is c1ccc(-n2c3ccccc3c3cc(-c4ccc5c6c4c4ccc7ccccc7c4c4cccc(c46)n5-c4cccc(-c5nc(-c6ccc7ccccc7c6)nc(-c6cccc7ccccc67)n5)c4)ccc32)cc1. The number of aromatic nitrogens is 5. The predicted molar refractivity (Wildman–Crippen MR) is 309 cm³/mol. The minimum atomic E-state index is 0.615. The lowest BCUT2D eigenvalue weighted by Gasteiger charge is -2.15. The molecule has 0 saturated heterocycles. The summed E-state index contributed by atoms with van der Waals surface area (Å²) < 4.78 is 4.84. The molecule has 0 bridgehead atoms. The molecule has 13 aromatic carbocycles. The summed E-state index contributed by atoms with van der Waals surface area (Å²) in [5.74, 6) is 1.88. The second kappa shape index (κ2) is 15.8. The lowest BCUT2D eigenvalue weighted by Crippen LogP contribution is -2.01. The smallest absolute Gasteiger partial charge is 0.164 e. The molecule has 0 N–H and O–H groups in total. The summed E-state index contributed by atoms with van der Waals surface area (Å²) in [7, 11) is 0. The largest absolute Gasteiger partial charge is 0.309 e. The van der Waals surface area contributed by atoms with Gasteiger partial charge in [0.15, 0.2) is 17.5 Å². The first-order valence-corrected chi connectivity index (χ1v) is 25.3. The molecule has 16 aromatic rings. The summed E-state index contributed by atoms with van der Waals surface area (Å²) in [5, 5.41) is 17.0. The maximum Gasteiger partial charge on any atom is 0.164 e. The zero-order chi connectivity index (χ0) is 48.4. The Kier molecular flexibility index (Phi) is 8.68. The van der Waals surface area contributed by atoms with Gasteiger partial charge in [-0.05, 0) is 120 Å². The number of benzene rings is 13. The Morgan fingerprint density at radius 3 is 1.65 bits per heavy atom. The lowest BCUT2D eigenvalue weighted by molar-refractivity contribution is 1.07. The van der Waals surface area contributed by atoms with Crippen LogP contribution in [-0.4, -0.2) is 24.1 Å². The van der Waals surface area contributed by atoms with Gasteiger partial charge in [0.1, 0.15) is 0 Å². The molecule has 74 heavy (non-hydrogen) atoms. The fourth-order valence-corrected chi connectivity index (χ4v) is 12.2. The van der Waals surface area contributed by atoms with Crippen molar-refractivity contribution in [3.8, 4) is 56.7 Å². The van der Waals surface area contributed by atoms with E-state index in [-0.39, 0.29) is 0 Å². The van der Waals surface area contributed by atoms with Gasteiger partial charge in [-0.1, -0.05) is 188 Å². The standard InChI is InChI=1S/C69H41N5/c1-2-21-49(22-3-1)73-59-29-11-10-26-54(59)58-41-46(34-37-60(58)73)53-36-38-62-66-64(53)57-35-33-44-17-7-9-25-52(44)63(57)56-28-14-30-61(65(56)66)74(62)50-23-12-20-47(40-50)67-70-68(48-32-31-42-15-4-5-18-45(42)39-48)72-69(71-67)55-27-13-19-43-16-6-8-24-51(43)55/h1-41H. The van der Waals surface area contributed by atoms with Crippen LogP contribution in [0.25, 0.3) is 154 Å². The van der Waals surface area contributed by atoms with Crippen molar-refractivity contribution in [1.82, 2.24) is 24.1 Å². The molecule has 5 nitrogen and oxygen atoms in total. The van der Waals surface area contributed by atoms with Crippen molar-refractivity contribution in [2.75, 3.05) is 0 Å². The van der Waals surface area contributed by atoms with Crippen LogP contribution in [0, 0.1) is 0 Å². The quantitative estimate of drug-likeness (QED) is 0.156. The highest BCUT2D eigenvalue weighted by Crippen LogP contribution is 2.49. The first-order chi connectivity index (χ1) is 36.7. The summed E-state index contributed by atoms with van der Waals surface area (Å²) in [6.07, 6.45) is 0. The van der Waals surface area contributed by atoms with Crippen LogP contribution < -0.4 is 0 Å². The molecule has 0 atom stereocenters. The molecule has 0 amide bonds. The Labute approximate surface area is 424 Å². The fourth-order valence-electron chi connectivity index (χ4n) is 12.2. The zero-order valence-corrected chi connectivity index (χ0v) is 39.9. The maximum absolute atomic E-state index is 5.32. The molecule has 5 heteroatoms. The van der Waals surface area contributed by atoms with Crippen molar-refractivity contribution < 1.29 is 0 Å². The van der Waals surface area contributed by atoms with E-state index in [4.69, 9.17) is 15.0 Å². The lowest BCUT2D eigenvalue weighted by atomic mass is 9.87. The molecule has 3 heterocycles. The highest BCUT2D eigenvalue weighted by atomic mass is 15.0. The van der Waals surface area contributed by atoms with Crippen LogP contribution in [0.4, 0.5) is 0 Å². The van der Waals surface area contributed by atoms with Gasteiger partial charge in [0.05, 0.1) is 22.1 Å². The van der Waals surface area contributed by atoms with Gasteiger partial charge in [-0.15, -0.1) is 0 Å². The molecule has 0 saturated carbocycles. The molecular weight excluding hydrogens is 899 g/mol. The number of fused-ring (bicyclic) bond motifs is 10. The zero-order valence-electron chi connectivity index (χ0n) is 39.9. The second-order valence-electron chi connectivity index (χ2n) is 19.5. The van der Waals surface area contributed by atoms with Crippen molar-refractivity contribution in [2.45, 2.75) is 0 Å². The van der Waals surface area contributed by atoms with Crippen LogP contribution >= 0.6 is 0 Å². The van der Waals surface area contributed by atoms with Crippen molar-refractivity contribution in [3.05, 3.63) is 249 Å². The van der Waals surface area contributed by atoms with E-state index in [1.54, 1.807) is 0 Å². The van der Waals surface area contributed by atoms with Gasteiger partial charge in [0.2, 0.25) is 0 Å². The third-order valence-corrected chi connectivity index (χ3v) is 15.5. The number of nitrogens with zero attached hydrogens (tertiary/aromatic N) is 5. The number of hydrogen-bond acceptors (Lipinski definition) is 3. The molecule has 0 spiro atoms. The van der Waals surface area contributed by atoms with E-state index in [0.717, 1.165) is 55.3 Å². The minimum absolute atomic E-state index is 0.615. The van der Waals surface area contributed by atoms with Gasteiger partial charge in [-0.25, -0.2) is 15.0 Å². The fraction of sp³-hybridized carbons (Fsp3) is 0. The monoisotopic (exact) mass is 939 g/mol. The maximum atomic E-state index is 5.32. The summed E-state index contributed by atoms with van der Waals surface area (Å²) >= 11 is 0. The number of rotatable bonds is 6. The molecule has 0 unspecified atom stereocenters. The summed E-state index contributed by atoms with van der Waals surface area (Å²) in [6, 6.07) is 90.0. The van der Waals surface area contributed by atoms with Crippen molar-refractivity contribution in [2.24, 2.45) is 0 Å². The number of hydrogen-bond donors (Lipinski definition) is 0. The van der Waals surface area contributed by atoms with Crippen LogP contribution in [0.2, 0.25) is 0 Å². The molecular formula is C69H41N5. The Balaban J connectivity index is 0.941. The second-order valence-corrected chi connectivity index (χ2v) is 19.5. The van der Waals surface area contributed by atoms with Crippen LogP contribution in [0.15, 0.2) is 249 Å². The van der Waals surface area contributed by atoms with Gasteiger partial charge in [0, 0.05) is 55.0 Å². The van der Waals surface area contributed by atoms with E-state index < -0.39 is 0 Å². The van der Waals surface area contributed by atoms with Crippen LogP contribution in [0.1, 0.15) is 0 Å². The summed E-state index contributed by atoms with van der Waals surface area (Å²) in [5.41, 5.74) is 12.1. The van der Waals surface area contributed by atoms with E-state index in [9.17, 15) is 0 Å². The van der Waals surface area contributed by atoms with Crippen LogP contribution in [0.3, 0.4) is 0 Å². The van der Waals surface area contributed by atoms with E-state index in [1.165, 1.54) is 81.4 Å². The average Bonchev–Trinajstić information content (AvgIpc) is 4.02. The van der Waals surface area contributed by atoms with E-state index in [1.807, 2.05) is 0 Å². The van der Waals surface area contributed by atoms with E-state index in [2.05, 4.69) is 258 Å². The van der Waals surface area contributed by atoms with Gasteiger partial charge in [-0.2, -0.15) is 0 Å². The number of para-hydroxylation sites is 2. The molecule has 0 aliphatic rings. The van der Waals surface area contributed by atoms with Gasteiger partial charge >= 0.3 is 0 Å². The van der Waals surface area contributed by atoms with E-state index in [0.29, 0.717) is 17.5 Å². The third kappa shape index (κ3) is 6.01. The highest BCUT2D eigenvalue weighted by molar-refractivity contribution is 6.40. The Morgan fingerprint density at radius 2 is 0.784 bits per heavy atom. The van der Waals surface area contributed by atoms with Crippen molar-refractivity contribution in [3.63, 3.8) is 0 Å². The molecule has 0 aliphatic carbocycles. The predicted octanol–water partition coefficient (Wildman–Crippen LogP) is 17.9. The first kappa shape index (κ1) is 40.7. The summed E-state index contributed by atoms with van der Waals surface area (Å²) in [4.78, 5) is 15.9. The van der Waals surface area contributed by atoms with Gasteiger partial charge < -0.3 is 9.13 Å². The normalized spacial score (nSPS) is 12.1. The Morgan fingerprint density at radius 1 is 0.230 bits per heavy atom. The van der Waals surface area contributed by atoms with Crippen LogP contribution in [-0.2, 0) is 0 Å². The van der Waals surface area contributed by atoms with Crippen LogP contribution in [0.5, 0.6) is 0 Å². The minimum Gasteiger partial charge on any atom is -0.309 e. The molecule has 3 aromatic heterocycles. The molecule has 0 aliphatic heterocycles.